The van der Waals surface area contributed by atoms with Crippen molar-refractivity contribution in [3.05, 3.63) is 109 Å². The van der Waals surface area contributed by atoms with E-state index in [1.165, 1.54) is 0 Å². The Bertz CT molecular complexity index is 1560. The number of amides is 1. The van der Waals surface area contributed by atoms with Crippen molar-refractivity contribution in [2.45, 2.75) is 26.9 Å². The largest absolute Gasteiger partial charge is 0.399 e. The van der Waals surface area contributed by atoms with Crippen molar-refractivity contribution in [3.8, 4) is 0 Å². The number of rotatable bonds is 8. The van der Waals surface area contributed by atoms with Crippen LogP contribution in [0.1, 0.15) is 24.2 Å². The van der Waals surface area contributed by atoms with Gasteiger partial charge in [-0.1, -0.05) is 0 Å². The summed E-state index contributed by atoms with van der Waals surface area (Å²) >= 11 is 0. The third kappa shape index (κ3) is 5.57. The van der Waals surface area contributed by atoms with Gasteiger partial charge in [-0.15, -0.1) is 0 Å². The summed E-state index contributed by atoms with van der Waals surface area (Å²) in [6, 6.07) is 27.2. The maximum atomic E-state index is 12.8. The molecule has 1 amide bonds. The van der Waals surface area contributed by atoms with Crippen LogP contribution < -0.4 is 30.8 Å². The summed E-state index contributed by atoms with van der Waals surface area (Å²) in [6.45, 7) is 6.03. The van der Waals surface area contributed by atoms with Gasteiger partial charge in [0.1, 0.15) is 13.1 Å². The quantitative estimate of drug-likeness (QED) is 0.159. The maximum absolute atomic E-state index is 12.8. The first-order valence-corrected chi connectivity index (χ1v) is 12.8. The molecule has 7 nitrogen and oxygen atoms in total. The summed E-state index contributed by atoms with van der Waals surface area (Å²) in [5.41, 5.74) is 13.0. The number of nitrogen functional groups attached to an aromatic ring is 1. The molecular formula is C31H32N6O+2. The number of hydrogen-bond donors (Lipinski definition) is 4. The number of nitrogens with one attached hydrogen (secondary N) is 3. The summed E-state index contributed by atoms with van der Waals surface area (Å²) in [6.07, 6.45) is 6.14. The van der Waals surface area contributed by atoms with Gasteiger partial charge in [0.2, 0.25) is 5.52 Å². The smallest absolute Gasteiger partial charge is 0.255 e. The Hall–Kier alpha value is -4.91. The van der Waals surface area contributed by atoms with Crippen LogP contribution in [-0.4, -0.2) is 5.91 Å². The summed E-state index contributed by atoms with van der Waals surface area (Å²) in [4.78, 5) is 12.8. The average molecular weight is 505 g/mol. The van der Waals surface area contributed by atoms with Gasteiger partial charge in [0.15, 0.2) is 18.6 Å². The molecule has 0 fully saturated rings. The van der Waals surface area contributed by atoms with Gasteiger partial charge in [-0.2, -0.15) is 4.57 Å². The van der Waals surface area contributed by atoms with E-state index < -0.39 is 0 Å². The summed E-state index contributed by atoms with van der Waals surface area (Å²) < 4.78 is 4.28. The van der Waals surface area contributed by atoms with Crippen molar-refractivity contribution in [1.29, 1.82) is 0 Å². The lowest BCUT2D eigenvalue weighted by Crippen LogP contribution is -2.32. The molecule has 0 atom stereocenters. The van der Waals surface area contributed by atoms with E-state index in [-0.39, 0.29) is 5.91 Å². The molecule has 0 saturated heterocycles. The van der Waals surface area contributed by atoms with E-state index in [1.54, 1.807) is 0 Å². The molecule has 0 aliphatic rings. The zero-order chi connectivity index (χ0) is 26.5. The number of nitrogens with zero attached hydrogens (tertiary/aromatic N) is 2. The third-order valence-corrected chi connectivity index (χ3v) is 6.50. The molecule has 0 unspecified atom stereocenters. The Morgan fingerprint density at radius 1 is 0.711 bits per heavy atom. The van der Waals surface area contributed by atoms with E-state index in [9.17, 15) is 4.79 Å². The van der Waals surface area contributed by atoms with Gasteiger partial charge >= 0.3 is 0 Å². The third-order valence-electron chi connectivity index (χ3n) is 6.50. The molecule has 38 heavy (non-hydrogen) atoms. The highest BCUT2D eigenvalue weighted by atomic mass is 16.1. The van der Waals surface area contributed by atoms with E-state index in [1.807, 2.05) is 97.3 Å². The first kappa shape index (κ1) is 24.8. The fraction of sp³-hybridized carbons (Fsp3) is 0.129. The van der Waals surface area contributed by atoms with Crippen LogP contribution in [0.2, 0.25) is 0 Å². The number of carbonyl (C=O) groups excluding carboxylic acids is 1. The van der Waals surface area contributed by atoms with Crippen molar-refractivity contribution < 1.29 is 13.9 Å². The number of nitrogens with two attached hydrogens (primary N) is 1. The predicted octanol–water partition coefficient (Wildman–Crippen LogP) is 5.78. The number of fused-ring (bicyclic) bond motifs is 1. The molecule has 0 radical (unpaired) electrons. The Morgan fingerprint density at radius 3 is 2.03 bits per heavy atom. The summed E-state index contributed by atoms with van der Waals surface area (Å²) in [7, 11) is 0. The van der Waals surface area contributed by atoms with E-state index in [0.717, 1.165) is 58.1 Å². The van der Waals surface area contributed by atoms with E-state index in [4.69, 9.17) is 5.73 Å². The second kappa shape index (κ2) is 11.0. The highest BCUT2D eigenvalue weighted by molar-refractivity contribution is 6.04. The fourth-order valence-corrected chi connectivity index (χ4v) is 4.36. The van der Waals surface area contributed by atoms with Crippen LogP contribution in [0.25, 0.3) is 10.9 Å². The van der Waals surface area contributed by atoms with Gasteiger partial charge < -0.3 is 21.7 Å². The molecule has 0 saturated carbocycles. The van der Waals surface area contributed by atoms with Crippen molar-refractivity contribution in [3.63, 3.8) is 0 Å². The number of pyridine rings is 2. The van der Waals surface area contributed by atoms with Gasteiger partial charge in [-0.05, 0) is 74.5 Å². The Balaban J connectivity index is 1.23. The number of benzene rings is 3. The number of carbonyl (C=O) groups is 1. The van der Waals surface area contributed by atoms with Crippen LogP contribution in [-0.2, 0) is 13.1 Å². The van der Waals surface area contributed by atoms with E-state index >= 15 is 0 Å². The van der Waals surface area contributed by atoms with E-state index in [0.29, 0.717) is 5.56 Å². The number of aryl methyl sites for hydroxylation is 2. The molecule has 0 aliphatic heterocycles. The van der Waals surface area contributed by atoms with Crippen LogP contribution in [0.3, 0.4) is 0 Å². The molecule has 7 heteroatoms. The minimum atomic E-state index is -0.161. The molecule has 3 aromatic carbocycles. The fourth-order valence-electron chi connectivity index (χ4n) is 4.36. The minimum absolute atomic E-state index is 0.161. The van der Waals surface area contributed by atoms with Crippen molar-refractivity contribution in [1.82, 2.24) is 0 Å². The number of hydrogen-bond acceptors (Lipinski definition) is 4. The molecule has 2 aromatic heterocycles. The zero-order valence-electron chi connectivity index (χ0n) is 21.6. The van der Waals surface area contributed by atoms with Gasteiger partial charge in [-0.25, -0.2) is 4.57 Å². The second-order valence-corrected chi connectivity index (χ2v) is 9.07. The normalized spacial score (nSPS) is 10.8. The highest BCUT2D eigenvalue weighted by Crippen LogP contribution is 2.26. The SMILES string of the molecule is CC[n+]1ccc(Nc2ccc(NC(=O)c3ccc(Nc4cc[n+](CC)c5ccc(N)cc45)cc3)cc2)cc1. The average Bonchev–Trinajstić information content (AvgIpc) is 2.95. The first-order valence-electron chi connectivity index (χ1n) is 12.8. The van der Waals surface area contributed by atoms with E-state index in [2.05, 4.69) is 45.1 Å². The Labute approximate surface area is 222 Å². The summed E-state index contributed by atoms with van der Waals surface area (Å²) in [5.74, 6) is -0.161. The first-order chi connectivity index (χ1) is 18.5. The lowest BCUT2D eigenvalue weighted by Gasteiger charge is -2.11. The topological polar surface area (TPSA) is 86.9 Å². The molecule has 190 valence electrons. The molecule has 5 N–H and O–H groups in total. The molecular weight excluding hydrogens is 472 g/mol. The highest BCUT2D eigenvalue weighted by Gasteiger charge is 2.13. The monoisotopic (exact) mass is 504 g/mol. The molecule has 5 rings (SSSR count). The molecule has 5 aromatic rings. The molecule has 0 bridgehead atoms. The lowest BCUT2D eigenvalue weighted by atomic mass is 10.1. The van der Waals surface area contributed by atoms with Crippen LogP contribution >= 0.6 is 0 Å². The second-order valence-electron chi connectivity index (χ2n) is 9.07. The van der Waals surface area contributed by atoms with Gasteiger partial charge in [0.05, 0.1) is 16.8 Å². The standard InChI is InChI=1S/C31H30N6O/c1-3-36-18-15-27(16-19-36)33-24-10-12-26(13-11-24)35-31(38)22-5-8-25(9-6-22)34-29-17-20-37(4-2)30-14-7-23(32)21-28(29)30/h5-21H,3-4,32H2,1-2H3,(H,35,38)/p+2. The van der Waals surface area contributed by atoms with Gasteiger partial charge in [0, 0.05) is 52.6 Å². The van der Waals surface area contributed by atoms with Crippen molar-refractivity contribution in [2.75, 3.05) is 21.7 Å². The zero-order valence-corrected chi connectivity index (χ0v) is 21.6. The Kier molecular flexibility index (Phi) is 7.17. The van der Waals surface area contributed by atoms with Crippen molar-refractivity contribution >= 4 is 50.9 Å². The Morgan fingerprint density at radius 2 is 1.34 bits per heavy atom. The minimum Gasteiger partial charge on any atom is -0.399 e. The van der Waals surface area contributed by atoms with Gasteiger partial charge in [-0.3, -0.25) is 4.79 Å². The molecule has 2 heterocycles. The molecule has 0 aliphatic carbocycles. The van der Waals surface area contributed by atoms with Crippen molar-refractivity contribution in [2.24, 2.45) is 0 Å². The maximum Gasteiger partial charge on any atom is 0.255 e. The lowest BCUT2D eigenvalue weighted by molar-refractivity contribution is -0.693. The molecule has 0 spiro atoms. The van der Waals surface area contributed by atoms with Crippen LogP contribution in [0.5, 0.6) is 0 Å². The van der Waals surface area contributed by atoms with Crippen LogP contribution in [0.4, 0.5) is 34.1 Å². The summed E-state index contributed by atoms with van der Waals surface area (Å²) in [5, 5.41) is 10.9. The predicted molar refractivity (Wildman–Crippen MR) is 154 cm³/mol. The van der Waals surface area contributed by atoms with Crippen LogP contribution in [0.15, 0.2) is 104 Å². The van der Waals surface area contributed by atoms with Crippen LogP contribution in [0, 0.1) is 0 Å². The number of anilines is 6. The number of aromatic nitrogens is 2. The van der Waals surface area contributed by atoms with Gasteiger partial charge in [0.25, 0.3) is 5.91 Å².